The first kappa shape index (κ1) is 36.5. The Balaban J connectivity index is 1.06. The summed E-state index contributed by atoms with van der Waals surface area (Å²) in [5, 5.41) is 4.40. The molecule has 0 saturated heterocycles. The fraction of sp³-hybridized carbons (Fsp3) is 0. The van der Waals surface area contributed by atoms with Gasteiger partial charge in [0.05, 0.1) is 5.69 Å². The van der Waals surface area contributed by atoms with Crippen LogP contribution in [0, 0.1) is 0 Å². The number of fused-ring (bicyclic) bond motifs is 6. The molecule has 0 radical (unpaired) electrons. The minimum atomic E-state index is 0.823. The highest BCUT2D eigenvalue weighted by molar-refractivity contribution is 6.19. The zero-order valence-corrected chi connectivity index (χ0v) is 34.3. The van der Waals surface area contributed by atoms with Gasteiger partial charge in [-0.1, -0.05) is 200 Å². The molecule has 0 atom stereocenters. The number of furan rings is 2. The predicted octanol–water partition coefficient (Wildman–Crippen LogP) is 17.3. The average Bonchev–Trinajstić information content (AvgIpc) is 3.95. The molecule has 0 bridgehead atoms. The molecule has 0 amide bonds. The Morgan fingerprint density at radius 1 is 0.254 bits per heavy atom. The van der Waals surface area contributed by atoms with Gasteiger partial charge < -0.3 is 13.7 Å². The lowest BCUT2D eigenvalue weighted by Gasteiger charge is -2.26. The average molecular weight is 806 g/mol. The lowest BCUT2D eigenvalue weighted by molar-refractivity contribution is 0.670. The van der Waals surface area contributed by atoms with E-state index in [1.165, 1.54) is 16.7 Å². The quantitative estimate of drug-likeness (QED) is 0.153. The number of hydrogen-bond donors (Lipinski definition) is 0. The van der Waals surface area contributed by atoms with Gasteiger partial charge in [-0.2, -0.15) is 0 Å². The number of benzene rings is 10. The van der Waals surface area contributed by atoms with Crippen molar-refractivity contribution in [3.8, 4) is 55.6 Å². The van der Waals surface area contributed by atoms with E-state index in [1.54, 1.807) is 0 Å². The first-order valence-electron chi connectivity index (χ1n) is 21.4. The molecule has 296 valence electrons. The maximum atomic E-state index is 7.23. The topological polar surface area (TPSA) is 29.5 Å². The molecule has 0 aliphatic carbocycles. The zero-order valence-electron chi connectivity index (χ0n) is 34.3. The van der Waals surface area contributed by atoms with Crippen LogP contribution in [0.3, 0.4) is 0 Å². The van der Waals surface area contributed by atoms with Crippen LogP contribution in [0.25, 0.3) is 99.5 Å². The van der Waals surface area contributed by atoms with Crippen LogP contribution in [0.5, 0.6) is 0 Å². The number of para-hydroxylation sites is 3. The van der Waals surface area contributed by atoms with Crippen molar-refractivity contribution in [2.45, 2.75) is 0 Å². The minimum Gasteiger partial charge on any atom is -0.455 e. The first-order valence-corrected chi connectivity index (χ1v) is 21.4. The summed E-state index contributed by atoms with van der Waals surface area (Å²) < 4.78 is 13.7. The van der Waals surface area contributed by atoms with E-state index in [1.807, 2.05) is 12.1 Å². The summed E-state index contributed by atoms with van der Waals surface area (Å²) in [6, 6.07) is 83.8. The molecule has 10 aromatic carbocycles. The first-order chi connectivity index (χ1) is 31.3. The van der Waals surface area contributed by atoms with E-state index in [0.717, 1.165) is 99.9 Å². The van der Waals surface area contributed by atoms with Crippen LogP contribution in [0.15, 0.2) is 245 Å². The van der Waals surface area contributed by atoms with Crippen LogP contribution in [-0.4, -0.2) is 0 Å². The largest absolute Gasteiger partial charge is 0.455 e. The molecule has 0 N–H and O–H groups in total. The van der Waals surface area contributed by atoms with Gasteiger partial charge in [-0.3, -0.25) is 0 Å². The van der Waals surface area contributed by atoms with E-state index < -0.39 is 0 Å². The summed E-state index contributed by atoms with van der Waals surface area (Å²) in [6.45, 7) is 0. The van der Waals surface area contributed by atoms with Gasteiger partial charge in [0.1, 0.15) is 16.7 Å². The second-order valence-corrected chi connectivity index (χ2v) is 16.0. The van der Waals surface area contributed by atoms with Crippen LogP contribution >= 0.6 is 0 Å². The van der Waals surface area contributed by atoms with Crippen LogP contribution < -0.4 is 4.90 Å². The highest BCUT2D eigenvalue weighted by atomic mass is 16.3. The van der Waals surface area contributed by atoms with Crippen molar-refractivity contribution in [2.24, 2.45) is 0 Å². The lowest BCUT2D eigenvalue weighted by atomic mass is 9.94. The number of hydrogen-bond acceptors (Lipinski definition) is 3. The van der Waals surface area contributed by atoms with Crippen molar-refractivity contribution in [3.63, 3.8) is 0 Å². The molecular formula is C60H39NO2. The van der Waals surface area contributed by atoms with E-state index in [0.29, 0.717) is 0 Å². The molecule has 63 heavy (non-hydrogen) atoms. The maximum absolute atomic E-state index is 7.23. The monoisotopic (exact) mass is 805 g/mol. The SMILES string of the molecule is c1ccc(-c2ccccc2-c2ccc(N(c3ccc(-c4cccc5c4oc4ccccc45)cc3)c3ccc(-c4ccccc4)c4c3oc3c(-c5ccccc5)cccc34)cc2)cc1. The molecule has 2 aromatic heterocycles. The van der Waals surface area contributed by atoms with Gasteiger partial charge in [0.2, 0.25) is 0 Å². The molecule has 3 heteroatoms. The summed E-state index contributed by atoms with van der Waals surface area (Å²) in [5.41, 5.74) is 17.7. The summed E-state index contributed by atoms with van der Waals surface area (Å²) in [4.78, 5) is 2.33. The zero-order chi connectivity index (χ0) is 41.7. The summed E-state index contributed by atoms with van der Waals surface area (Å²) in [7, 11) is 0. The van der Waals surface area contributed by atoms with Gasteiger partial charge in [-0.15, -0.1) is 0 Å². The molecule has 3 nitrogen and oxygen atoms in total. The van der Waals surface area contributed by atoms with Crippen molar-refractivity contribution in [2.75, 3.05) is 4.90 Å². The summed E-state index contributed by atoms with van der Waals surface area (Å²) >= 11 is 0. The number of nitrogens with zero attached hydrogens (tertiary/aromatic N) is 1. The van der Waals surface area contributed by atoms with Crippen molar-refractivity contribution in [3.05, 3.63) is 237 Å². The van der Waals surface area contributed by atoms with Gasteiger partial charge in [0.15, 0.2) is 5.58 Å². The van der Waals surface area contributed by atoms with E-state index in [-0.39, 0.29) is 0 Å². The molecule has 0 unspecified atom stereocenters. The molecule has 12 rings (SSSR count). The molecule has 0 saturated carbocycles. The maximum Gasteiger partial charge on any atom is 0.160 e. The van der Waals surface area contributed by atoms with Crippen molar-refractivity contribution < 1.29 is 8.83 Å². The fourth-order valence-corrected chi connectivity index (χ4v) is 9.35. The highest BCUT2D eigenvalue weighted by Gasteiger charge is 2.24. The van der Waals surface area contributed by atoms with E-state index >= 15 is 0 Å². The molecule has 0 fully saturated rings. The summed E-state index contributed by atoms with van der Waals surface area (Å²) in [5.74, 6) is 0. The second-order valence-electron chi connectivity index (χ2n) is 16.0. The third-order valence-corrected chi connectivity index (χ3v) is 12.3. The molecule has 0 aliphatic rings. The van der Waals surface area contributed by atoms with Crippen LogP contribution in [0.1, 0.15) is 0 Å². The Bertz CT molecular complexity index is 3590. The minimum absolute atomic E-state index is 0.823. The standard InChI is InChI=1S/C60H39NO2/c1-4-16-40(17-5-1)47-22-10-11-23-48(47)43-30-34-45(35-31-43)61(46-36-32-44(33-37-46)51-25-14-27-53-52-24-12-13-29-56(52)62-58(51)53)55-39-38-49(41-18-6-2-7-19-41)57-54-28-15-26-50(59(54)63-60(55)57)42-20-8-3-9-21-42/h1-39H. The third kappa shape index (κ3) is 6.29. The van der Waals surface area contributed by atoms with E-state index in [9.17, 15) is 0 Å². The molecular weight excluding hydrogens is 767 g/mol. The van der Waals surface area contributed by atoms with Gasteiger partial charge in [0, 0.05) is 44.0 Å². The van der Waals surface area contributed by atoms with Gasteiger partial charge in [0.25, 0.3) is 0 Å². The van der Waals surface area contributed by atoms with Crippen LogP contribution in [0.4, 0.5) is 17.1 Å². The number of rotatable bonds is 8. The van der Waals surface area contributed by atoms with Crippen LogP contribution in [0.2, 0.25) is 0 Å². The Morgan fingerprint density at radius 3 is 1.29 bits per heavy atom. The van der Waals surface area contributed by atoms with Gasteiger partial charge >= 0.3 is 0 Å². The number of anilines is 3. The fourth-order valence-electron chi connectivity index (χ4n) is 9.35. The highest BCUT2D eigenvalue weighted by Crippen LogP contribution is 2.48. The Labute approximate surface area is 365 Å². The molecule has 12 aromatic rings. The Hall–Kier alpha value is -8.40. The van der Waals surface area contributed by atoms with Crippen molar-refractivity contribution >= 4 is 60.9 Å². The molecule has 0 spiro atoms. The Kier molecular flexibility index (Phi) is 8.83. The molecule has 2 heterocycles. The van der Waals surface area contributed by atoms with Gasteiger partial charge in [-0.25, -0.2) is 0 Å². The lowest BCUT2D eigenvalue weighted by Crippen LogP contribution is -2.10. The smallest absolute Gasteiger partial charge is 0.160 e. The predicted molar refractivity (Wildman–Crippen MR) is 263 cm³/mol. The van der Waals surface area contributed by atoms with Crippen molar-refractivity contribution in [1.29, 1.82) is 0 Å². The molecule has 0 aliphatic heterocycles. The van der Waals surface area contributed by atoms with E-state index in [4.69, 9.17) is 8.83 Å². The van der Waals surface area contributed by atoms with Gasteiger partial charge in [-0.05, 0) is 80.9 Å². The van der Waals surface area contributed by atoms with E-state index in [2.05, 4.69) is 229 Å². The second kappa shape index (κ2) is 15.3. The van der Waals surface area contributed by atoms with Crippen LogP contribution in [-0.2, 0) is 0 Å². The Morgan fingerprint density at radius 2 is 0.683 bits per heavy atom. The summed E-state index contributed by atoms with van der Waals surface area (Å²) in [6.07, 6.45) is 0. The van der Waals surface area contributed by atoms with Crippen molar-refractivity contribution in [1.82, 2.24) is 0 Å². The third-order valence-electron chi connectivity index (χ3n) is 12.3. The normalized spacial score (nSPS) is 11.5.